The lowest BCUT2D eigenvalue weighted by atomic mass is 10.00. The van der Waals surface area contributed by atoms with Gasteiger partial charge in [0.15, 0.2) is 17.1 Å². The number of carbonyl (C=O) groups is 1. The number of nitrogens with one attached hydrogen (secondary N) is 1. The number of fused-ring (bicyclic) bond motifs is 1. The van der Waals surface area contributed by atoms with E-state index < -0.39 is 22.9 Å². The number of hydrogen-bond acceptors (Lipinski definition) is 3. The fraction of sp³-hybridized carbons (Fsp3) is 0.167. The van der Waals surface area contributed by atoms with Crippen LogP contribution in [0.1, 0.15) is 10.5 Å². The largest absolute Gasteiger partial charge is 0.362 e. The minimum Gasteiger partial charge on any atom is -0.362 e. The highest BCUT2D eigenvalue weighted by Gasteiger charge is 2.26. The highest BCUT2D eigenvalue weighted by atomic mass is 32.2. The van der Waals surface area contributed by atoms with Gasteiger partial charge in [0.05, 0.1) is 5.69 Å². The highest BCUT2D eigenvalue weighted by Crippen LogP contribution is 2.35. The van der Waals surface area contributed by atoms with E-state index in [2.05, 4.69) is 4.98 Å². The van der Waals surface area contributed by atoms with E-state index in [4.69, 9.17) is 4.74 Å². The zero-order valence-electron chi connectivity index (χ0n) is 13.4. The molecule has 130 valence electrons. The van der Waals surface area contributed by atoms with E-state index in [1.165, 1.54) is 43.1 Å². The van der Waals surface area contributed by atoms with Crippen LogP contribution in [0.25, 0.3) is 22.0 Å². The van der Waals surface area contributed by atoms with Gasteiger partial charge in [0.1, 0.15) is 5.82 Å². The molecule has 3 aromatic rings. The van der Waals surface area contributed by atoms with Gasteiger partial charge in [-0.1, -0.05) is 12.1 Å². The molecule has 25 heavy (non-hydrogen) atoms. The van der Waals surface area contributed by atoms with Crippen molar-refractivity contribution in [1.82, 2.24) is 4.98 Å². The van der Waals surface area contributed by atoms with Crippen molar-refractivity contribution < 1.29 is 22.7 Å². The number of Topliss-reactive ketones (excluding diaryl/α,β-unsaturated/α-hetero) is 1. The Hall–Kier alpha value is -2.25. The first kappa shape index (κ1) is 17.6. The van der Waals surface area contributed by atoms with Crippen molar-refractivity contribution in [2.24, 2.45) is 0 Å². The number of halogens is 3. The first-order chi connectivity index (χ1) is 12.0. The summed E-state index contributed by atoms with van der Waals surface area (Å²) in [7, 11) is 1.40. The molecular weight excluding hydrogens is 351 g/mol. The van der Waals surface area contributed by atoms with Gasteiger partial charge in [-0.05, 0) is 30.0 Å². The maximum absolute atomic E-state index is 13.7. The smallest absolute Gasteiger partial charge is 0.218 e. The summed E-state index contributed by atoms with van der Waals surface area (Å²) in [5.74, 6) is -2.85. The summed E-state index contributed by atoms with van der Waals surface area (Å²) >= 11 is 1.20. The van der Waals surface area contributed by atoms with E-state index in [-0.39, 0.29) is 17.0 Å². The standard InChI is InChI=1S/C18H14F3NO2S/c1-24-18(25-2)17(23)16-15(9-3-5-10(19)6-4-9)11-7-12(20)13(21)8-14(11)22-16/h3-8,18,22H,1-2H3. The van der Waals surface area contributed by atoms with Crippen LogP contribution >= 0.6 is 11.8 Å². The van der Waals surface area contributed by atoms with Gasteiger partial charge in [-0.25, -0.2) is 13.2 Å². The molecule has 0 fully saturated rings. The fourth-order valence-corrected chi connectivity index (χ4v) is 3.24. The Labute approximate surface area is 146 Å². The molecule has 1 heterocycles. The molecule has 0 saturated carbocycles. The van der Waals surface area contributed by atoms with Crippen LogP contribution in [0.3, 0.4) is 0 Å². The maximum Gasteiger partial charge on any atom is 0.218 e. The molecule has 7 heteroatoms. The number of hydrogen-bond donors (Lipinski definition) is 1. The summed E-state index contributed by atoms with van der Waals surface area (Å²) in [5.41, 5.74) is 0.556. The molecule has 0 bridgehead atoms. The molecule has 1 unspecified atom stereocenters. The lowest BCUT2D eigenvalue weighted by molar-refractivity contribution is 0.0791. The number of thioether (sulfide) groups is 1. The summed E-state index contributed by atoms with van der Waals surface area (Å²) in [6.45, 7) is 0. The van der Waals surface area contributed by atoms with Crippen LogP contribution in [0, 0.1) is 17.5 Å². The number of ether oxygens (including phenoxy) is 1. The average molecular weight is 365 g/mol. The lowest BCUT2D eigenvalue weighted by Crippen LogP contribution is -2.20. The van der Waals surface area contributed by atoms with Crippen molar-refractivity contribution in [3.8, 4) is 11.1 Å². The molecule has 2 aromatic carbocycles. The van der Waals surface area contributed by atoms with Gasteiger partial charge in [0.2, 0.25) is 5.78 Å². The quantitative estimate of drug-likeness (QED) is 0.523. The molecule has 0 aliphatic heterocycles. The molecule has 0 aliphatic carbocycles. The number of benzene rings is 2. The number of carbonyl (C=O) groups excluding carboxylic acids is 1. The fourth-order valence-electron chi connectivity index (χ4n) is 2.72. The van der Waals surface area contributed by atoms with Crippen molar-refractivity contribution in [1.29, 1.82) is 0 Å². The van der Waals surface area contributed by atoms with Crippen molar-refractivity contribution in [2.75, 3.05) is 13.4 Å². The summed E-state index contributed by atoms with van der Waals surface area (Å²) in [5, 5.41) is 0.338. The Morgan fingerprint density at radius 3 is 2.36 bits per heavy atom. The topological polar surface area (TPSA) is 42.1 Å². The summed E-state index contributed by atoms with van der Waals surface area (Å²) in [6.07, 6.45) is 1.71. The van der Waals surface area contributed by atoms with E-state index in [1.54, 1.807) is 6.26 Å². The summed E-state index contributed by atoms with van der Waals surface area (Å²) in [6, 6.07) is 7.47. The van der Waals surface area contributed by atoms with Crippen LogP contribution in [-0.4, -0.2) is 29.6 Å². The number of aromatic amines is 1. The van der Waals surface area contributed by atoms with Gasteiger partial charge in [-0.3, -0.25) is 4.79 Å². The zero-order chi connectivity index (χ0) is 18.1. The molecule has 0 aliphatic rings. The van der Waals surface area contributed by atoms with Gasteiger partial charge < -0.3 is 9.72 Å². The SMILES string of the molecule is COC(SC)C(=O)c1[nH]c2cc(F)c(F)cc2c1-c1ccc(F)cc1. The zero-order valence-corrected chi connectivity index (χ0v) is 14.2. The normalized spacial score (nSPS) is 12.5. The Kier molecular flexibility index (Phi) is 4.87. The second-order valence-corrected chi connectivity index (χ2v) is 6.26. The van der Waals surface area contributed by atoms with E-state index in [9.17, 15) is 18.0 Å². The van der Waals surface area contributed by atoms with Gasteiger partial charge >= 0.3 is 0 Å². The number of aromatic nitrogens is 1. The van der Waals surface area contributed by atoms with E-state index >= 15 is 0 Å². The third kappa shape index (κ3) is 3.17. The maximum atomic E-state index is 13.7. The van der Waals surface area contributed by atoms with Gasteiger partial charge in [-0.15, -0.1) is 11.8 Å². The average Bonchev–Trinajstić information content (AvgIpc) is 2.95. The Morgan fingerprint density at radius 2 is 1.76 bits per heavy atom. The van der Waals surface area contributed by atoms with Gasteiger partial charge in [0.25, 0.3) is 0 Å². The highest BCUT2D eigenvalue weighted by molar-refractivity contribution is 7.99. The monoisotopic (exact) mass is 365 g/mol. The lowest BCUT2D eigenvalue weighted by Gasteiger charge is -2.12. The van der Waals surface area contributed by atoms with Crippen LogP contribution in [0.15, 0.2) is 36.4 Å². The van der Waals surface area contributed by atoms with Crippen LogP contribution in [0.2, 0.25) is 0 Å². The Morgan fingerprint density at radius 1 is 1.12 bits per heavy atom. The second kappa shape index (κ2) is 6.93. The predicted octanol–water partition coefficient (Wildman–Crippen LogP) is 4.77. The number of methoxy groups -OCH3 is 1. The molecule has 0 saturated heterocycles. The number of rotatable bonds is 5. The first-order valence-electron chi connectivity index (χ1n) is 7.32. The number of ketones is 1. The van der Waals surface area contributed by atoms with Crippen molar-refractivity contribution >= 4 is 28.4 Å². The minimum atomic E-state index is -1.03. The second-order valence-electron chi connectivity index (χ2n) is 5.36. The van der Waals surface area contributed by atoms with Gasteiger partial charge in [-0.2, -0.15) is 0 Å². The predicted molar refractivity (Wildman–Crippen MR) is 92.3 cm³/mol. The molecule has 1 N–H and O–H groups in total. The van der Waals surface area contributed by atoms with E-state index in [1.807, 2.05) is 0 Å². The molecule has 0 radical (unpaired) electrons. The van der Waals surface area contributed by atoms with E-state index in [0.717, 1.165) is 12.1 Å². The van der Waals surface area contributed by atoms with Gasteiger partial charge in [0, 0.05) is 29.6 Å². The summed E-state index contributed by atoms with van der Waals surface area (Å²) in [4.78, 5) is 15.6. The molecule has 1 atom stereocenters. The van der Waals surface area contributed by atoms with Crippen molar-refractivity contribution in [2.45, 2.75) is 5.44 Å². The molecular formula is C18H14F3NO2S. The van der Waals surface area contributed by atoms with Crippen LogP contribution in [0.5, 0.6) is 0 Å². The molecule has 0 spiro atoms. The first-order valence-corrected chi connectivity index (χ1v) is 8.61. The molecule has 3 nitrogen and oxygen atoms in total. The summed E-state index contributed by atoms with van der Waals surface area (Å²) < 4.78 is 45.7. The van der Waals surface area contributed by atoms with Crippen LogP contribution < -0.4 is 0 Å². The Balaban J connectivity index is 2.29. The van der Waals surface area contributed by atoms with Crippen LogP contribution in [-0.2, 0) is 4.74 Å². The molecule has 0 amide bonds. The number of H-pyrrole nitrogens is 1. The third-order valence-electron chi connectivity index (χ3n) is 3.86. The Bertz CT molecular complexity index is 934. The molecule has 3 rings (SSSR count). The van der Waals surface area contributed by atoms with Crippen molar-refractivity contribution in [3.05, 3.63) is 59.5 Å². The minimum absolute atomic E-state index is 0.160. The van der Waals surface area contributed by atoms with E-state index in [0.29, 0.717) is 16.5 Å². The molecule has 1 aromatic heterocycles. The third-order valence-corrected chi connectivity index (χ3v) is 4.70. The van der Waals surface area contributed by atoms with Crippen LogP contribution in [0.4, 0.5) is 13.2 Å². The van der Waals surface area contributed by atoms with Crippen molar-refractivity contribution in [3.63, 3.8) is 0 Å².